The molecule has 0 aromatic heterocycles. The minimum absolute atomic E-state index is 0.130. The summed E-state index contributed by atoms with van der Waals surface area (Å²) in [5, 5.41) is 18.2. The number of rotatable bonds is 5. The summed E-state index contributed by atoms with van der Waals surface area (Å²) in [6.45, 7) is 5.20. The van der Waals surface area contributed by atoms with Crippen LogP contribution in [-0.4, -0.2) is 50.1 Å². The molecule has 0 aliphatic carbocycles. The van der Waals surface area contributed by atoms with Crippen LogP contribution in [0, 0.1) is 5.41 Å². The van der Waals surface area contributed by atoms with Crippen LogP contribution in [-0.2, 0) is 9.59 Å². The van der Waals surface area contributed by atoms with Gasteiger partial charge in [-0.2, -0.15) is 0 Å². The van der Waals surface area contributed by atoms with E-state index in [4.69, 9.17) is 10.2 Å². The summed E-state index contributed by atoms with van der Waals surface area (Å²) < 4.78 is -0.612. The van der Waals surface area contributed by atoms with Gasteiger partial charge in [0.2, 0.25) is 0 Å². The van der Waals surface area contributed by atoms with E-state index in [9.17, 15) is 9.59 Å². The van der Waals surface area contributed by atoms with Crippen molar-refractivity contribution in [1.82, 2.24) is 0 Å². The number of hydrogen-bond donors (Lipinski definition) is 2. The van der Waals surface area contributed by atoms with Crippen LogP contribution >= 0.6 is 0 Å². The summed E-state index contributed by atoms with van der Waals surface area (Å²) in [5.74, 6) is -2.43. The van der Waals surface area contributed by atoms with E-state index < -0.39 is 20.0 Å². The normalized spacial score (nSPS) is 16.1. The summed E-state index contributed by atoms with van der Waals surface area (Å²) in [5.41, 5.74) is -1.62. The molecule has 0 aliphatic rings. The predicted molar refractivity (Wildman–Crippen MR) is 52.4 cm³/mol. The van der Waals surface area contributed by atoms with Crippen molar-refractivity contribution in [3.63, 3.8) is 0 Å². The molecule has 0 aromatic rings. The van der Waals surface area contributed by atoms with Crippen molar-refractivity contribution < 1.29 is 19.8 Å². The van der Waals surface area contributed by atoms with Crippen molar-refractivity contribution in [2.24, 2.45) is 5.41 Å². The summed E-state index contributed by atoms with van der Waals surface area (Å²) in [4.78, 5) is 22.3. The monoisotopic (exact) mass is 210 g/mol. The molecule has 1 atom stereocenters. The fourth-order valence-electron chi connectivity index (χ4n) is 1.75. The molecule has 0 amide bonds. The molecule has 0 saturated carbocycles. The first-order valence-corrected chi connectivity index (χ1v) is 5.73. The van der Waals surface area contributed by atoms with Crippen LogP contribution in [0.4, 0.5) is 0 Å². The number of aliphatic carboxylic acids is 2. The molecule has 0 bridgehead atoms. The third-order valence-electron chi connectivity index (χ3n) is 3.30. The Balaban J connectivity index is 5.48. The standard InChI is InChI=1S/C9H15O4.Na/c1-4-6(3)9(5-2,7(10)11)8(12)13;/h4-5H2,1-3H3,(H,10,11)(H,12,13);. The van der Waals surface area contributed by atoms with Gasteiger partial charge in [-0.3, -0.25) is 0 Å². The van der Waals surface area contributed by atoms with E-state index in [0.717, 1.165) is 0 Å². The van der Waals surface area contributed by atoms with Crippen molar-refractivity contribution >= 4 is 39.9 Å². The number of carboxylic acids is 2. The van der Waals surface area contributed by atoms with Gasteiger partial charge in [0.25, 0.3) is 0 Å². The van der Waals surface area contributed by atoms with Gasteiger partial charge < -0.3 is 0 Å². The first-order chi connectivity index (χ1) is 6.26. The molecular weight excluding hydrogens is 195 g/mol. The Morgan fingerprint density at radius 2 is 1.50 bits per heavy atom. The summed E-state index contributed by atoms with van der Waals surface area (Å²) in [6.07, 6.45) is 0.706. The van der Waals surface area contributed by atoms with Gasteiger partial charge in [0, 0.05) is 0 Å². The second-order valence-corrected chi connectivity index (χ2v) is 6.31. The van der Waals surface area contributed by atoms with Crippen LogP contribution in [0.3, 0.4) is 0 Å². The Kier molecular flexibility index (Phi) is 4.62. The third-order valence-corrected chi connectivity index (χ3v) is 4.86. The molecule has 1 unspecified atom stereocenters. The fourth-order valence-corrected chi connectivity index (χ4v) is 2.53. The average Bonchev–Trinajstić information content (AvgIpc) is 2.04. The van der Waals surface area contributed by atoms with Gasteiger partial charge in [0.15, 0.2) is 0 Å². The molecule has 0 heterocycles. The first kappa shape index (κ1) is 13.9. The van der Waals surface area contributed by atoms with Crippen molar-refractivity contribution in [2.45, 2.75) is 36.3 Å². The number of carboxylic acid groups (broad SMARTS) is 2. The molecule has 0 spiro atoms. The zero-order chi connectivity index (χ0) is 11.6. The van der Waals surface area contributed by atoms with Crippen LogP contribution in [0.1, 0.15) is 33.6 Å². The molecular formula is C9H15NaO4. The zero-order valence-corrected chi connectivity index (χ0v) is 11.1. The van der Waals surface area contributed by atoms with Gasteiger partial charge in [0.1, 0.15) is 0 Å². The van der Waals surface area contributed by atoms with E-state index in [0.29, 0.717) is 34.4 Å². The van der Waals surface area contributed by atoms with E-state index in [-0.39, 0.29) is 6.42 Å². The van der Waals surface area contributed by atoms with E-state index in [1.807, 2.05) is 6.92 Å². The van der Waals surface area contributed by atoms with E-state index >= 15 is 0 Å². The van der Waals surface area contributed by atoms with Crippen molar-refractivity contribution in [1.29, 1.82) is 0 Å². The summed E-state index contributed by atoms with van der Waals surface area (Å²) in [7, 11) is 0. The quantitative estimate of drug-likeness (QED) is 0.530. The molecule has 14 heavy (non-hydrogen) atoms. The Morgan fingerprint density at radius 1 is 1.14 bits per heavy atom. The molecule has 0 saturated heterocycles. The maximum atomic E-state index is 11.1. The molecule has 76 valence electrons. The summed E-state index contributed by atoms with van der Waals surface area (Å²) >= 11 is 0.550. The van der Waals surface area contributed by atoms with Crippen LogP contribution in [0.2, 0.25) is 2.66 Å². The van der Waals surface area contributed by atoms with Gasteiger partial charge in [-0.25, -0.2) is 0 Å². The molecule has 0 radical (unpaired) electrons. The topological polar surface area (TPSA) is 74.6 Å². The van der Waals surface area contributed by atoms with Crippen LogP contribution in [0.15, 0.2) is 0 Å². The average molecular weight is 210 g/mol. The molecule has 2 N–H and O–H groups in total. The predicted octanol–water partition coefficient (Wildman–Crippen LogP) is 1.31. The zero-order valence-electron chi connectivity index (χ0n) is 9.13. The molecule has 0 rings (SSSR count). The van der Waals surface area contributed by atoms with Gasteiger partial charge in [-0.1, -0.05) is 0 Å². The van der Waals surface area contributed by atoms with Gasteiger partial charge in [-0.15, -0.1) is 0 Å². The van der Waals surface area contributed by atoms with E-state index in [1.54, 1.807) is 13.8 Å². The molecule has 4 nitrogen and oxygen atoms in total. The van der Waals surface area contributed by atoms with Crippen LogP contribution in [0.5, 0.6) is 0 Å². The third kappa shape index (κ3) is 1.97. The second-order valence-electron chi connectivity index (χ2n) is 4.11. The molecule has 5 heteroatoms. The van der Waals surface area contributed by atoms with Crippen LogP contribution in [0.25, 0.3) is 0 Å². The number of carbonyl (C=O) groups is 2. The Labute approximate surface area is 101 Å². The van der Waals surface area contributed by atoms with Crippen molar-refractivity contribution in [3.8, 4) is 0 Å². The molecule has 0 aliphatic heterocycles. The maximum absolute atomic E-state index is 11.1. The Morgan fingerprint density at radius 3 is 1.57 bits per heavy atom. The SMILES string of the molecule is CC[C](C)([Na])C(CC)(C(=O)O)C(=O)O. The summed E-state index contributed by atoms with van der Waals surface area (Å²) in [6, 6.07) is 0. The van der Waals surface area contributed by atoms with Crippen LogP contribution < -0.4 is 0 Å². The molecule has 0 aromatic carbocycles. The van der Waals surface area contributed by atoms with Gasteiger partial charge in [0.05, 0.1) is 0 Å². The second kappa shape index (κ2) is 4.64. The van der Waals surface area contributed by atoms with Crippen molar-refractivity contribution in [2.75, 3.05) is 0 Å². The first-order valence-electron chi connectivity index (χ1n) is 4.73. The van der Waals surface area contributed by atoms with Gasteiger partial charge >= 0.3 is 101 Å². The molecule has 0 fully saturated rings. The van der Waals surface area contributed by atoms with Crippen molar-refractivity contribution in [3.05, 3.63) is 0 Å². The minimum atomic E-state index is -1.62. The van der Waals surface area contributed by atoms with Gasteiger partial charge in [-0.05, 0) is 0 Å². The van der Waals surface area contributed by atoms with E-state index in [2.05, 4.69) is 0 Å². The fraction of sp³-hybridized carbons (Fsp3) is 0.778. The Hall–Kier alpha value is -0.0600. The Bertz CT molecular complexity index is 233. The number of hydrogen-bond acceptors (Lipinski definition) is 2. The van der Waals surface area contributed by atoms with E-state index in [1.165, 1.54) is 0 Å².